The standard InChI is InChI=1S/C30H26FN3O2S2/c1-20(2)17-33-29(35)27(38-30(33)37)16-23-18-34(25-6-4-3-5-7-25)32-28(23)22-10-14-26(15-11-22)36-19-21-8-12-24(31)13-9-21/h3-16,18,20H,17,19H2,1-2H3/b27-16-. The third-order valence-corrected chi connectivity index (χ3v) is 7.30. The van der Waals surface area contributed by atoms with E-state index in [4.69, 9.17) is 22.1 Å². The smallest absolute Gasteiger partial charge is 0.266 e. The zero-order chi connectivity index (χ0) is 26.6. The number of carbonyl (C=O) groups is 1. The fraction of sp³-hybridized carbons (Fsp3) is 0.167. The summed E-state index contributed by atoms with van der Waals surface area (Å²) in [6.45, 7) is 5.07. The molecule has 0 atom stereocenters. The summed E-state index contributed by atoms with van der Waals surface area (Å²) in [5.41, 5.74) is 4.25. The van der Waals surface area contributed by atoms with Gasteiger partial charge >= 0.3 is 0 Å². The number of hydrogen-bond acceptors (Lipinski definition) is 5. The van der Waals surface area contributed by atoms with Gasteiger partial charge < -0.3 is 4.74 Å². The number of rotatable bonds is 8. The summed E-state index contributed by atoms with van der Waals surface area (Å²) in [6.07, 6.45) is 3.80. The highest BCUT2D eigenvalue weighted by atomic mass is 32.2. The Balaban J connectivity index is 1.44. The normalized spacial score (nSPS) is 14.6. The van der Waals surface area contributed by atoms with Gasteiger partial charge in [-0.3, -0.25) is 9.69 Å². The van der Waals surface area contributed by atoms with Gasteiger partial charge in [-0.2, -0.15) is 5.10 Å². The van der Waals surface area contributed by atoms with Gasteiger partial charge in [0.15, 0.2) is 0 Å². The van der Waals surface area contributed by atoms with Gasteiger partial charge in [0.05, 0.1) is 16.3 Å². The molecule has 1 aliphatic heterocycles. The van der Waals surface area contributed by atoms with Crippen molar-refractivity contribution in [1.29, 1.82) is 0 Å². The Morgan fingerprint density at radius 1 is 1.03 bits per heavy atom. The molecule has 192 valence electrons. The fourth-order valence-electron chi connectivity index (χ4n) is 4.05. The molecule has 0 aliphatic carbocycles. The van der Waals surface area contributed by atoms with Gasteiger partial charge in [-0.1, -0.05) is 68.2 Å². The van der Waals surface area contributed by atoms with Crippen LogP contribution in [-0.4, -0.2) is 31.5 Å². The Kier molecular flexibility index (Phi) is 7.72. The van der Waals surface area contributed by atoms with E-state index in [9.17, 15) is 9.18 Å². The predicted octanol–water partition coefficient (Wildman–Crippen LogP) is 7.11. The second-order valence-corrected chi connectivity index (χ2v) is 11.0. The average molecular weight is 544 g/mol. The molecular weight excluding hydrogens is 517 g/mol. The van der Waals surface area contributed by atoms with Crippen LogP contribution in [0, 0.1) is 11.7 Å². The van der Waals surface area contributed by atoms with Crippen molar-refractivity contribution in [2.45, 2.75) is 20.5 Å². The topological polar surface area (TPSA) is 47.4 Å². The number of halogens is 1. The molecule has 5 rings (SSSR count). The zero-order valence-electron chi connectivity index (χ0n) is 21.0. The number of ether oxygens (including phenoxy) is 1. The molecule has 0 radical (unpaired) electrons. The number of para-hydroxylation sites is 1. The first kappa shape index (κ1) is 25.9. The lowest BCUT2D eigenvalue weighted by Crippen LogP contribution is -2.31. The second kappa shape index (κ2) is 11.3. The van der Waals surface area contributed by atoms with Crippen molar-refractivity contribution in [2.75, 3.05) is 6.54 Å². The van der Waals surface area contributed by atoms with Crippen LogP contribution in [-0.2, 0) is 11.4 Å². The highest BCUT2D eigenvalue weighted by Gasteiger charge is 2.32. The highest BCUT2D eigenvalue weighted by molar-refractivity contribution is 8.26. The first-order valence-electron chi connectivity index (χ1n) is 12.3. The molecule has 1 aliphatic rings. The van der Waals surface area contributed by atoms with E-state index < -0.39 is 0 Å². The molecular formula is C30H26FN3O2S2. The maximum absolute atomic E-state index is 13.2. The van der Waals surface area contributed by atoms with Crippen LogP contribution < -0.4 is 4.74 Å². The molecule has 1 amide bonds. The van der Waals surface area contributed by atoms with Crippen molar-refractivity contribution < 1.29 is 13.9 Å². The third kappa shape index (κ3) is 5.87. The van der Waals surface area contributed by atoms with Crippen LogP contribution in [0.4, 0.5) is 4.39 Å². The summed E-state index contributed by atoms with van der Waals surface area (Å²) in [7, 11) is 0. The van der Waals surface area contributed by atoms with E-state index in [-0.39, 0.29) is 11.7 Å². The summed E-state index contributed by atoms with van der Waals surface area (Å²) < 4.78 is 21.4. The van der Waals surface area contributed by atoms with E-state index in [0.717, 1.165) is 28.1 Å². The molecule has 2 heterocycles. The molecule has 3 aromatic carbocycles. The van der Waals surface area contributed by atoms with Crippen molar-refractivity contribution >= 4 is 40.3 Å². The first-order valence-corrected chi connectivity index (χ1v) is 13.5. The van der Waals surface area contributed by atoms with Gasteiger partial charge in [-0.15, -0.1) is 0 Å². The number of benzene rings is 3. The number of thioether (sulfide) groups is 1. The van der Waals surface area contributed by atoms with Crippen LogP contribution in [0.15, 0.2) is 90.0 Å². The third-order valence-electron chi connectivity index (χ3n) is 5.92. The molecule has 0 unspecified atom stereocenters. The number of carbonyl (C=O) groups excluding carboxylic acids is 1. The van der Waals surface area contributed by atoms with Crippen molar-refractivity contribution in [3.8, 4) is 22.7 Å². The van der Waals surface area contributed by atoms with E-state index in [1.165, 1.54) is 23.9 Å². The monoisotopic (exact) mass is 543 g/mol. The summed E-state index contributed by atoms with van der Waals surface area (Å²) >= 11 is 6.82. The van der Waals surface area contributed by atoms with E-state index in [2.05, 4.69) is 13.8 Å². The van der Waals surface area contributed by atoms with Gasteiger partial charge in [-0.05, 0) is 66.1 Å². The number of hydrogen-bond donors (Lipinski definition) is 0. The lowest BCUT2D eigenvalue weighted by Gasteiger charge is -2.16. The molecule has 8 heteroatoms. The Morgan fingerprint density at radius 2 is 1.74 bits per heavy atom. The summed E-state index contributed by atoms with van der Waals surface area (Å²) in [6, 6.07) is 23.7. The number of aromatic nitrogens is 2. The van der Waals surface area contributed by atoms with E-state index >= 15 is 0 Å². The van der Waals surface area contributed by atoms with Crippen molar-refractivity contribution in [2.24, 2.45) is 5.92 Å². The molecule has 5 nitrogen and oxygen atoms in total. The molecule has 1 saturated heterocycles. The summed E-state index contributed by atoms with van der Waals surface area (Å²) in [4.78, 5) is 15.4. The minimum atomic E-state index is -0.272. The highest BCUT2D eigenvalue weighted by Crippen LogP contribution is 2.35. The van der Waals surface area contributed by atoms with Crippen LogP contribution in [0.3, 0.4) is 0 Å². The predicted molar refractivity (Wildman–Crippen MR) is 154 cm³/mol. The molecule has 0 spiro atoms. The van der Waals surface area contributed by atoms with Crippen LogP contribution >= 0.6 is 24.0 Å². The molecule has 0 N–H and O–H groups in total. The Bertz CT molecular complexity index is 1480. The van der Waals surface area contributed by atoms with Crippen LogP contribution in [0.5, 0.6) is 5.75 Å². The van der Waals surface area contributed by atoms with E-state index in [1.807, 2.05) is 71.6 Å². The van der Waals surface area contributed by atoms with Gasteiger partial charge in [0.2, 0.25) is 0 Å². The largest absolute Gasteiger partial charge is 0.489 e. The Labute approximate surface area is 230 Å². The minimum absolute atomic E-state index is 0.0725. The fourth-order valence-corrected chi connectivity index (χ4v) is 5.32. The van der Waals surface area contributed by atoms with Crippen molar-refractivity contribution in [3.63, 3.8) is 0 Å². The molecule has 38 heavy (non-hydrogen) atoms. The van der Waals surface area contributed by atoms with Gasteiger partial charge in [-0.25, -0.2) is 9.07 Å². The molecule has 1 aromatic heterocycles. The maximum Gasteiger partial charge on any atom is 0.266 e. The SMILES string of the molecule is CC(C)CN1C(=O)/C(=C/c2cn(-c3ccccc3)nc2-c2ccc(OCc3ccc(F)cc3)cc2)SC1=S. The molecule has 1 fully saturated rings. The average Bonchev–Trinajstić information content (AvgIpc) is 3.45. The van der Waals surface area contributed by atoms with Crippen LogP contribution in [0.2, 0.25) is 0 Å². The zero-order valence-corrected chi connectivity index (χ0v) is 22.6. The number of nitrogens with zero attached hydrogens (tertiary/aromatic N) is 3. The van der Waals surface area contributed by atoms with E-state index in [1.54, 1.807) is 17.0 Å². The quantitative estimate of drug-likeness (QED) is 0.175. The van der Waals surface area contributed by atoms with Gasteiger partial charge in [0.1, 0.15) is 22.5 Å². The van der Waals surface area contributed by atoms with Gasteiger partial charge in [0.25, 0.3) is 5.91 Å². The maximum atomic E-state index is 13.2. The number of amides is 1. The van der Waals surface area contributed by atoms with Gasteiger partial charge in [0, 0.05) is 23.9 Å². The lowest BCUT2D eigenvalue weighted by molar-refractivity contribution is -0.122. The van der Waals surface area contributed by atoms with Crippen molar-refractivity contribution in [1.82, 2.24) is 14.7 Å². The molecule has 0 bridgehead atoms. The van der Waals surface area contributed by atoms with Crippen molar-refractivity contribution in [3.05, 3.63) is 107 Å². The Hall–Kier alpha value is -3.75. The summed E-state index contributed by atoms with van der Waals surface area (Å²) in [5, 5.41) is 4.86. The first-order chi connectivity index (χ1) is 18.4. The summed E-state index contributed by atoms with van der Waals surface area (Å²) in [5.74, 6) is 0.663. The minimum Gasteiger partial charge on any atom is -0.489 e. The number of thiocarbonyl (C=S) groups is 1. The second-order valence-electron chi connectivity index (χ2n) is 9.34. The lowest BCUT2D eigenvalue weighted by atomic mass is 10.1. The van der Waals surface area contributed by atoms with Crippen LogP contribution in [0.25, 0.3) is 23.0 Å². The Morgan fingerprint density at radius 3 is 2.42 bits per heavy atom. The molecule has 4 aromatic rings. The molecule has 0 saturated carbocycles. The van der Waals surface area contributed by atoms with E-state index in [0.29, 0.717) is 34.0 Å². The van der Waals surface area contributed by atoms with Crippen LogP contribution in [0.1, 0.15) is 25.0 Å².